The van der Waals surface area contributed by atoms with Crippen LogP contribution in [0.4, 0.5) is 0 Å². The Kier molecular flexibility index (Phi) is 3.52. The molecule has 0 saturated carbocycles. The molecule has 0 aromatic heterocycles. The first-order chi connectivity index (χ1) is 4.06. The molecule has 0 amide bonds. The highest BCUT2D eigenvalue weighted by Gasteiger charge is 2.24. The Bertz CT molecular complexity index is 77.0. The number of rotatable bonds is 3. The van der Waals surface area contributed by atoms with E-state index < -0.39 is 0 Å². The quantitative estimate of drug-likeness (QED) is 0.606. The maximum atomic E-state index is 5.92. The van der Waals surface area contributed by atoms with E-state index in [0.717, 1.165) is 6.42 Å². The van der Waals surface area contributed by atoms with Crippen molar-refractivity contribution < 1.29 is 0 Å². The van der Waals surface area contributed by atoms with Gasteiger partial charge in [-0.15, -0.1) is 11.6 Å². The van der Waals surface area contributed by atoms with E-state index in [9.17, 15) is 0 Å². The van der Waals surface area contributed by atoms with Crippen LogP contribution in [-0.4, -0.2) is 18.0 Å². The van der Waals surface area contributed by atoms with Crippen LogP contribution in [0.5, 0.6) is 0 Å². The second-order valence-electron chi connectivity index (χ2n) is 2.64. The average molecular weight is 150 g/mol. The molecule has 2 atom stereocenters. The van der Waals surface area contributed by atoms with Crippen LogP contribution < -0.4 is 5.32 Å². The monoisotopic (exact) mass is 149 g/mol. The first-order valence-electron chi connectivity index (χ1n) is 3.39. The van der Waals surface area contributed by atoms with Crippen LogP contribution in [0.1, 0.15) is 27.2 Å². The van der Waals surface area contributed by atoms with Gasteiger partial charge in [0.15, 0.2) is 0 Å². The van der Waals surface area contributed by atoms with Crippen molar-refractivity contribution in [1.29, 1.82) is 0 Å². The SMILES string of the molecule is CCC(C)(NC)[C@H](C)Cl. The fourth-order valence-electron chi connectivity index (χ4n) is 0.657. The van der Waals surface area contributed by atoms with Crippen molar-refractivity contribution in [2.75, 3.05) is 7.05 Å². The molecule has 1 nitrogen and oxygen atoms in total. The second kappa shape index (κ2) is 3.43. The molecule has 0 rings (SSSR count). The largest absolute Gasteiger partial charge is 0.313 e. The Balaban J connectivity index is 3.92. The van der Waals surface area contributed by atoms with E-state index in [1.165, 1.54) is 0 Å². The molecule has 0 aliphatic carbocycles. The van der Waals surface area contributed by atoms with Crippen LogP contribution in [0.3, 0.4) is 0 Å². The van der Waals surface area contributed by atoms with Gasteiger partial charge in [-0.05, 0) is 27.3 Å². The Morgan fingerprint density at radius 2 is 2.11 bits per heavy atom. The zero-order chi connectivity index (χ0) is 7.49. The Morgan fingerprint density at radius 3 is 2.11 bits per heavy atom. The molecule has 0 fully saturated rings. The summed E-state index contributed by atoms with van der Waals surface area (Å²) in [6.45, 7) is 6.28. The van der Waals surface area contributed by atoms with Gasteiger partial charge in [0, 0.05) is 10.9 Å². The number of hydrogen-bond donors (Lipinski definition) is 1. The molecule has 1 unspecified atom stereocenters. The number of hydrogen-bond acceptors (Lipinski definition) is 1. The zero-order valence-corrected chi connectivity index (χ0v) is 7.42. The molecular weight excluding hydrogens is 134 g/mol. The summed E-state index contributed by atoms with van der Waals surface area (Å²) < 4.78 is 0. The van der Waals surface area contributed by atoms with Gasteiger partial charge >= 0.3 is 0 Å². The molecule has 0 saturated heterocycles. The summed E-state index contributed by atoms with van der Waals surface area (Å²) in [6.07, 6.45) is 1.06. The highest BCUT2D eigenvalue weighted by molar-refractivity contribution is 6.21. The third-order valence-corrected chi connectivity index (χ3v) is 2.67. The summed E-state index contributed by atoms with van der Waals surface area (Å²) in [5.41, 5.74) is 0.0988. The van der Waals surface area contributed by atoms with Crippen molar-refractivity contribution in [3.05, 3.63) is 0 Å². The Labute approximate surface area is 62.8 Å². The maximum absolute atomic E-state index is 5.92. The molecule has 2 heteroatoms. The van der Waals surface area contributed by atoms with E-state index in [-0.39, 0.29) is 10.9 Å². The molecule has 0 aliphatic rings. The van der Waals surface area contributed by atoms with Gasteiger partial charge in [0.25, 0.3) is 0 Å². The molecular formula is C7H16ClN. The predicted octanol–water partition coefficient (Wildman–Crippen LogP) is 2.00. The predicted molar refractivity (Wildman–Crippen MR) is 43.1 cm³/mol. The van der Waals surface area contributed by atoms with Crippen LogP contribution in [0.25, 0.3) is 0 Å². The summed E-state index contributed by atoms with van der Waals surface area (Å²) in [6, 6.07) is 0. The van der Waals surface area contributed by atoms with Crippen LogP contribution >= 0.6 is 11.6 Å². The molecule has 0 aliphatic heterocycles. The van der Waals surface area contributed by atoms with Gasteiger partial charge in [0.2, 0.25) is 0 Å². The topological polar surface area (TPSA) is 12.0 Å². The molecule has 56 valence electrons. The minimum absolute atomic E-state index is 0.0988. The lowest BCUT2D eigenvalue weighted by Crippen LogP contribution is -2.45. The van der Waals surface area contributed by atoms with E-state index in [2.05, 4.69) is 19.2 Å². The van der Waals surface area contributed by atoms with Crippen molar-refractivity contribution in [2.24, 2.45) is 0 Å². The van der Waals surface area contributed by atoms with E-state index in [0.29, 0.717) is 0 Å². The summed E-state index contributed by atoms with van der Waals surface area (Å²) in [4.78, 5) is 0. The third kappa shape index (κ3) is 2.15. The lowest BCUT2D eigenvalue weighted by molar-refractivity contribution is 0.365. The summed E-state index contributed by atoms with van der Waals surface area (Å²) in [5, 5.41) is 3.38. The molecule has 0 spiro atoms. The number of alkyl halides is 1. The standard InChI is InChI=1S/C7H16ClN/c1-5-7(3,9-4)6(2)8/h6,9H,5H2,1-4H3/t6-,7?/m0/s1. The minimum Gasteiger partial charge on any atom is -0.313 e. The molecule has 0 radical (unpaired) electrons. The van der Waals surface area contributed by atoms with Crippen LogP contribution in [-0.2, 0) is 0 Å². The normalized spacial score (nSPS) is 21.0. The van der Waals surface area contributed by atoms with Crippen LogP contribution in [0, 0.1) is 0 Å². The number of nitrogens with one attached hydrogen (secondary N) is 1. The minimum atomic E-state index is 0.0988. The zero-order valence-electron chi connectivity index (χ0n) is 6.66. The van der Waals surface area contributed by atoms with E-state index in [1.54, 1.807) is 0 Å². The highest BCUT2D eigenvalue weighted by atomic mass is 35.5. The Hall–Kier alpha value is 0.250. The van der Waals surface area contributed by atoms with E-state index in [1.807, 2.05) is 14.0 Å². The Morgan fingerprint density at radius 1 is 1.67 bits per heavy atom. The maximum Gasteiger partial charge on any atom is 0.0486 e. The highest BCUT2D eigenvalue weighted by Crippen LogP contribution is 2.18. The fraction of sp³-hybridized carbons (Fsp3) is 1.00. The lowest BCUT2D eigenvalue weighted by atomic mass is 9.96. The fourth-order valence-corrected chi connectivity index (χ4v) is 0.920. The van der Waals surface area contributed by atoms with E-state index in [4.69, 9.17) is 11.6 Å². The van der Waals surface area contributed by atoms with Crippen LogP contribution in [0.15, 0.2) is 0 Å². The first kappa shape index (κ1) is 9.25. The second-order valence-corrected chi connectivity index (χ2v) is 3.29. The van der Waals surface area contributed by atoms with Gasteiger partial charge in [-0.25, -0.2) is 0 Å². The van der Waals surface area contributed by atoms with Crippen molar-refractivity contribution in [2.45, 2.75) is 38.1 Å². The van der Waals surface area contributed by atoms with E-state index >= 15 is 0 Å². The average Bonchev–Trinajstić information content (AvgIpc) is 1.86. The lowest BCUT2D eigenvalue weighted by Gasteiger charge is -2.30. The van der Waals surface area contributed by atoms with Gasteiger partial charge in [-0.1, -0.05) is 6.92 Å². The van der Waals surface area contributed by atoms with Gasteiger partial charge in [-0.2, -0.15) is 0 Å². The molecule has 9 heavy (non-hydrogen) atoms. The first-order valence-corrected chi connectivity index (χ1v) is 3.83. The van der Waals surface area contributed by atoms with Crippen molar-refractivity contribution >= 4 is 11.6 Å². The van der Waals surface area contributed by atoms with Gasteiger partial charge < -0.3 is 5.32 Å². The van der Waals surface area contributed by atoms with Gasteiger partial charge in [-0.3, -0.25) is 0 Å². The molecule has 1 N–H and O–H groups in total. The van der Waals surface area contributed by atoms with Crippen molar-refractivity contribution in [1.82, 2.24) is 5.32 Å². The number of halogens is 1. The summed E-state index contributed by atoms with van der Waals surface area (Å²) in [5.74, 6) is 0. The third-order valence-electron chi connectivity index (χ3n) is 2.18. The summed E-state index contributed by atoms with van der Waals surface area (Å²) >= 11 is 5.92. The molecule has 0 aromatic rings. The molecule has 0 aromatic carbocycles. The van der Waals surface area contributed by atoms with Gasteiger partial charge in [0.1, 0.15) is 0 Å². The summed E-state index contributed by atoms with van der Waals surface area (Å²) in [7, 11) is 1.95. The van der Waals surface area contributed by atoms with Crippen molar-refractivity contribution in [3.63, 3.8) is 0 Å². The molecule has 0 bridgehead atoms. The smallest absolute Gasteiger partial charge is 0.0486 e. The van der Waals surface area contributed by atoms with Crippen molar-refractivity contribution in [3.8, 4) is 0 Å². The van der Waals surface area contributed by atoms with Gasteiger partial charge in [0.05, 0.1) is 0 Å². The molecule has 0 heterocycles. The van der Waals surface area contributed by atoms with Crippen LogP contribution in [0.2, 0.25) is 0 Å².